The van der Waals surface area contributed by atoms with E-state index >= 15 is 0 Å². The van der Waals surface area contributed by atoms with Crippen LogP contribution in [-0.4, -0.2) is 11.0 Å². The van der Waals surface area contributed by atoms with Gasteiger partial charge in [0.1, 0.15) is 0 Å². The average Bonchev–Trinajstić information content (AvgIpc) is 3.14. The Morgan fingerprint density at radius 1 is 1.26 bits per heavy atom. The normalized spacial score (nSPS) is 12.6. The van der Waals surface area contributed by atoms with Crippen molar-refractivity contribution in [3.8, 4) is 0 Å². The van der Waals surface area contributed by atoms with Gasteiger partial charge in [-0.15, -0.1) is 11.3 Å². The van der Waals surface area contributed by atoms with Gasteiger partial charge in [-0.2, -0.15) is 0 Å². The first-order valence-electron chi connectivity index (χ1n) is 7.74. The van der Waals surface area contributed by atoms with E-state index in [4.69, 9.17) is 12.2 Å². The molecular weight excluding hydrogens is 326 g/mol. The summed E-state index contributed by atoms with van der Waals surface area (Å²) in [6.07, 6.45) is 4.29. The number of carbonyl (C=O) groups is 1. The predicted octanol–water partition coefficient (Wildman–Crippen LogP) is 3.43. The predicted molar refractivity (Wildman–Crippen MR) is 99.0 cm³/mol. The summed E-state index contributed by atoms with van der Waals surface area (Å²) >= 11 is 6.82. The highest BCUT2D eigenvalue weighted by Crippen LogP contribution is 2.30. The van der Waals surface area contributed by atoms with Crippen LogP contribution in [0.5, 0.6) is 0 Å². The van der Waals surface area contributed by atoms with Gasteiger partial charge in [-0.1, -0.05) is 25.1 Å². The fourth-order valence-electron chi connectivity index (χ4n) is 2.72. The molecule has 1 aromatic carbocycles. The van der Waals surface area contributed by atoms with Crippen molar-refractivity contribution in [3.05, 3.63) is 51.2 Å². The molecule has 0 radical (unpaired) electrons. The molecule has 3 rings (SSSR count). The molecule has 120 valence electrons. The van der Waals surface area contributed by atoms with Crippen LogP contribution in [0.25, 0.3) is 0 Å². The van der Waals surface area contributed by atoms with Gasteiger partial charge in [-0.25, -0.2) is 0 Å². The lowest BCUT2D eigenvalue weighted by Gasteiger charge is -2.13. The minimum atomic E-state index is -0.141. The Kier molecular flexibility index (Phi) is 4.93. The van der Waals surface area contributed by atoms with Crippen molar-refractivity contribution >= 4 is 40.3 Å². The van der Waals surface area contributed by atoms with Crippen LogP contribution in [0.3, 0.4) is 0 Å². The quantitative estimate of drug-likeness (QED) is 0.589. The van der Waals surface area contributed by atoms with Crippen molar-refractivity contribution in [2.45, 2.75) is 32.6 Å². The van der Waals surface area contributed by atoms with Gasteiger partial charge in [0.15, 0.2) is 5.11 Å². The molecule has 0 saturated carbocycles. The minimum absolute atomic E-state index is 0.141. The zero-order chi connectivity index (χ0) is 16.2. The second kappa shape index (κ2) is 7.10. The monoisotopic (exact) mass is 345 g/mol. The lowest BCUT2D eigenvalue weighted by Crippen LogP contribution is -2.43. The minimum Gasteiger partial charge on any atom is -0.331 e. The highest BCUT2D eigenvalue weighted by atomic mass is 32.1. The smallest absolute Gasteiger partial charge is 0.279 e. The molecule has 6 heteroatoms. The molecule has 0 atom stereocenters. The number of rotatable bonds is 3. The number of carbonyl (C=O) groups excluding carboxylic acids is 1. The third kappa shape index (κ3) is 3.71. The summed E-state index contributed by atoms with van der Waals surface area (Å²) in [6, 6.07) is 9.97. The molecule has 1 aliphatic rings. The molecule has 1 aliphatic carbocycles. The van der Waals surface area contributed by atoms with E-state index in [1.807, 2.05) is 24.3 Å². The van der Waals surface area contributed by atoms with Gasteiger partial charge < -0.3 is 5.32 Å². The van der Waals surface area contributed by atoms with E-state index in [0.29, 0.717) is 5.11 Å². The van der Waals surface area contributed by atoms with Gasteiger partial charge in [-0.05, 0) is 61.2 Å². The lowest BCUT2D eigenvalue weighted by atomic mass is 10.1. The molecule has 0 bridgehead atoms. The van der Waals surface area contributed by atoms with Crippen LogP contribution in [0.1, 0.15) is 39.0 Å². The number of thiocarbonyl (C=S) groups is 1. The number of anilines is 1. The molecule has 3 N–H and O–H groups in total. The fourth-order valence-corrected chi connectivity index (χ4v) is 4.03. The number of amides is 1. The molecule has 0 spiro atoms. The number of nitrogens with one attached hydrogen (secondary N) is 3. The molecule has 0 fully saturated rings. The third-order valence-electron chi connectivity index (χ3n) is 3.91. The standard InChI is InChI=1S/C17H19N3OS2/c1-2-11-6-3-4-8-13(11)18-17(22)20-19-16(21)15-10-12-7-5-9-14(12)23-15/h3-4,6,8,10H,2,5,7,9H2,1H3,(H,19,21)(H2,18,20,22). The van der Waals surface area contributed by atoms with Crippen LogP contribution in [-0.2, 0) is 19.3 Å². The maximum Gasteiger partial charge on any atom is 0.279 e. The Balaban J connectivity index is 1.55. The van der Waals surface area contributed by atoms with Gasteiger partial charge >= 0.3 is 0 Å². The molecule has 0 saturated heterocycles. The zero-order valence-electron chi connectivity index (χ0n) is 12.9. The summed E-state index contributed by atoms with van der Waals surface area (Å²) < 4.78 is 0. The highest BCUT2D eigenvalue weighted by molar-refractivity contribution is 7.80. The summed E-state index contributed by atoms with van der Waals surface area (Å²) in [6.45, 7) is 2.09. The number of thiophene rings is 1. The van der Waals surface area contributed by atoms with E-state index in [-0.39, 0.29) is 5.91 Å². The van der Waals surface area contributed by atoms with Crippen molar-refractivity contribution in [2.75, 3.05) is 5.32 Å². The van der Waals surface area contributed by atoms with E-state index in [2.05, 4.69) is 29.2 Å². The number of para-hydroxylation sites is 1. The molecule has 1 aromatic heterocycles. The van der Waals surface area contributed by atoms with Crippen molar-refractivity contribution in [3.63, 3.8) is 0 Å². The third-order valence-corrected chi connectivity index (χ3v) is 5.35. The van der Waals surface area contributed by atoms with Gasteiger partial charge in [-0.3, -0.25) is 15.6 Å². The topological polar surface area (TPSA) is 53.2 Å². The highest BCUT2D eigenvalue weighted by Gasteiger charge is 2.18. The van der Waals surface area contributed by atoms with Crippen molar-refractivity contribution in [2.24, 2.45) is 0 Å². The van der Waals surface area contributed by atoms with Crippen LogP contribution >= 0.6 is 23.6 Å². The Hall–Kier alpha value is -1.92. The first kappa shape index (κ1) is 16.0. The molecule has 2 aromatic rings. The van der Waals surface area contributed by atoms with E-state index in [9.17, 15) is 4.79 Å². The molecule has 0 aliphatic heterocycles. The first-order valence-corrected chi connectivity index (χ1v) is 8.96. The van der Waals surface area contributed by atoms with Crippen molar-refractivity contribution in [1.29, 1.82) is 0 Å². The van der Waals surface area contributed by atoms with Gasteiger partial charge in [0, 0.05) is 10.6 Å². The SMILES string of the molecule is CCc1ccccc1NC(=S)NNC(=O)c1cc2c(s1)CCC2. The summed E-state index contributed by atoms with van der Waals surface area (Å²) in [5.74, 6) is -0.141. The summed E-state index contributed by atoms with van der Waals surface area (Å²) in [7, 11) is 0. The molecule has 1 amide bonds. The second-order valence-corrected chi connectivity index (χ2v) is 7.00. The van der Waals surface area contributed by atoms with Crippen LogP contribution < -0.4 is 16.2 Å². The summed E-state index contributed by atoms with van der Waals surface area (Å²) in [4.78, 5) is 14.3. The number of hydrogen-bond acceptors (Lipinski definition) is 3. The number of aryl methyl sites for hydroxylation is 3. The van der Waals surface area contributed by atoms with E-state index < -0.39 is 0 Å². The summed E-state index contributed by atoms with van der Waals surface area (Å²) in [5, 5.41) is 3.49. The van der Waals surface area contributed by atoms with E-state index in [0.717, 1.165) is 29.8 Å². The Bertz CT molecular complexity index is 718. The Morgan fingerprint density at radius 3 is 2.87 bits per heavy atom. The van der Waals surface area contributed by atoms with Gasteiger partial charge in [0.05, 0.1) is 4.88 Å². The van der Waals surface area contributed by atoms with E-state index in [1.54, 1.807) is 11.3 Å². The molecule has 4 nitrogen and oxygen atoms in total. The lowest BCUT2D eigenvalue weighted by molar-refractivity contribution is 0.0948. The van der Waals surface area contributed by atoms with Crippen molar-refractivity contribution < 1.29 is 4.79 Å². The molecule has 23 heavy (non-hydrogen) atoms. The Morgan fingerprint density at radius 2 is 2.09 bits per heavy atom. The van der Waals surface area contributed by atoms with Crippen LogP contribution in [0.15, 0.2) is 30.3 Å². The van der Waals surface area contributed by atoms with Crippen LogP contribution in [0.4, 0.5) is 5.69 Å². The second-order valence-electron chi connectivity index (χ2n) is 5.46. The number of benzene rings is 1. The maximum atomic E-state index is 12.2. The number of hydrazine groups is 1. The van der Waals surface area contributed by atoms with Crippen molar-refractivity contribution in [1.82, 2.24) is 10.9 Å². The Labute approximate surface area is 145 Å². The molecular formula is C17H19N3OS2. The van der Waals surface area contributed by atoms with E-state index in [1.165, 1.54) is 22.4 Å². The first-order chi connectivity index (χ1) is 11.2. The van der Waals surface area contributed by atoms with Crippen LogP contribution in [0.2, 0.25) is 0 Å². The van der Waals surface area contributed by atoms with Gasteiger partial charge in [0.25, 0.3) is 5.91 Å². The largest absolute Gasteiger partial charge is 0.331 e. The molecule has 1 heterocycles. The molecule has 0 unspecified atom stereocenters. The zero-order valence-corrected chi connectivity index (χ0v) is 14.6. The van der Waals surface area contributed by atoms with Gasteiger partial charge in [0.2, 0.25) is 0 Å². The van der Waals surface area contributed by atoms with Crippen LogP contribution in [0, 0.1) is 0 Å². The fraction of sp³-hybridized carbons (Fsp3) is 0.294. The number of hydrogen-bond donors (Lipinski definition) is 3. The summed E-state index contributed by atoms with van der Waals surface area (Å²) in [5.41, 5.74) is 8.89. The number of fused-ring (bicyclic) bond motifs is 1. The maximum absolute atomic E-state index is 12.2. The average molecular weight is 345 g/mol.